The van der Waals surface area contributed by atoms with E-state index in [0.29, 0.717) is 10.9 Å². The minimum atomic E-state index is -0.245. The number of rotatable bonds is 5. The van der Waals surface area contributed by atoms with E-state index < -0.39 is 0 Å². The maximum Gasteiger partial charge on any atom is 0.293 e. The lowest BCUT2D eigenvalue weighted by Crippen LogP contribution is -2.27. The Kier molecular flexibility index (Phi) is 4.62. The fourth-order valence-corrected chi connectivity index (χ4v) is 3.68. The Balaban J connectivity index is 2.06. The third-order valence-electron chi connectivity index (χ3n) is 4.31. The molecule has 4 nitrogen and oxygen atoms in total. The molecule has 2 aromatic rings. The number of amides is 2. The largest absolute Gasteiger partial charge is 0.344 e. The van der Waals surface area contributed by atoms with E-state index in [0.717, 1.165) is 34.6 Å². The summed E-state index contributed by atoms with van der Waals surface area (Å²) in [5.74, 6) is -0.245. The first-order chi connectivity index (χ1) is 11.6. The SMILES string of the molecule is C=CCN1C(=O)S/C(=C/c2cn([C@@H](C)CC)c3ccccc23)C1=O. The van der Waals surface area contributed by atoms with Crippen LogP contribution in [0.5, 0.6) is 0 Å². The van der Waals surface area contributed by atoms with Crippen LogP contribution in [0.3, 0.4) is 0 Å². The number of carbonyl (C=O) groups excluding carboxylic acids is 2. The molecule has 3 rings (SSSR count). The number of aromatic nitrogens is 1. The van der Waals surface area contributed by atoms with Crippen LogP contribution in [0.2, 0.25) is 0 Å². The van der Waals surface area contributed by atoms with Gasteiger partial charge in [0.1, 0.15) is 0 Å². The number of nitrogens with zero attached hydrogens (tertiary/aromatic N) is 2. The summed E-state index contributed by atoms with van der Waals surface area (Å²) in [6, 6.07) is 8.51. The standard InChI is InChI=1S/C19H20N2O2S/c1-4-10-20-18(22)17(24-19(20)23)11-14-12-21(13(3)5-2)16-9-7-6-8-15(14)16/h4,6-9,11-13H,1,5,10H2,2-3H3/b17-11+/t13-/m0/s1. The van der Waals surface area contributed by atoms with E-state index in [2.05, 4.69) is 37.3 Å². The quantitative estimate of drug-likeness (QED) is 0.578. The Labute approximate surface area is 145 Å². The first-order valence-corrected chi connectivity index (χ1v) is 8.84. The van der Waals surface area contributed by atoms with Gasteiger partial charge in [-0.3, -0.25) is 14.5 Å². The lowest BCUT2D eigenvalue weighted by molar-refractivity contribution is -0.122. The summed E-state index contributed by atoms with van der Waals surface area (Å²) in [5.41, 5.74) is 2.11. The second kappa shape index (κ2) is 6.69. The van der Waals surface area contributed by atoms with Crippen LogP contribution in [0, 0.1) is 0 Å². The second-order valence-corrected chi connectivity index (χ2v) is 6.84. The molecular formula is C19H20N2O2S. The number of imide groups is 1. The van der Waals surface area contributed by atoms with Gasteiger partial charge in [0.25, 0.3) is 11.1 Å². The third kappa shape index (κ3) is 2.80. The number of thioether (sulfide) groups is 1. The van der Waals surface area contributed by atoms with E-state index in [9.17, 15) is 9.59 Å². The van der Waals surface area contributed by atoms with Gasteiger partial charge in [-0.2, -0.15) is 0 Å². The predicted octanol–water partition coefficient (Wildman–Crippen LogP) is 4.83. The number of hydrogen-bond acceptors (Lipinski definition) is 3. The summed E-state index contributed by atoms with van der Waals surface area (Å²) in [7, 11) is 0. The molecule has 1 aromatic carbocycles. The number of para-hydroxylation sites is 1. The first-order valence-electron chi connectivity index (χ1n) is 8.02. The molecule has 1 aliphatic rings. The maximum atomic E-state index is 12.4. The average Bonchev–Trinajstić information content (AvgIpc) is 3.08. The highest BCUT2D eigenvalue weighted by Crippen LogP contribution is 2.34. The van der Waals surface area contributed by atoms with E-state index in [-0.39, 0.29) is 17.7 Å². The zero-order valence-corrected chi connectivity index (χ0v) is 14.7. The molecule has 24 heavy (non-hydrogen) atoms. The van der Waals surface area contributed by atoms with E-state index >= 15 is 0 Å². The number of hydrogen-bond donors (Lipinski definition) is 0. The molecule has 2 heterocycles. The Morgan fingerprint density at radius 2 is 2.04 bits per heavy atom. The summed E-state index contributed by atoms with van der Waals surface area (Å²) in [6.07, 6.45) is 6.48. The van der Waals surface area contributed by atoms with Crippen molar-refractivity contribution in [1.29, 1.82) is 0 Å². The van der Waals surface area contributed by atoms with Crippen LogP contribution in [-0.2, 0) is 4.79 Å². The van der Waals surface area contributed by atoms with Gasteiger partial charge in [0.2, 0.25) is 0 Å². The molecular weight excluding hydrogens is 320 g/mol. The highest BCUT2D eigenvalue weighted by Gasteiger charge is 2.34. The molecule has 1 atom stereocenters. The highest BCUT2D eigenvalue weighted by molar-refractivity contribution is 8.18. The Bertz CT molecular complexity index is 850. The molecule has 0 unspecified atom stereocenters. The van der Waals surface area contributed by atoms with Gasteiger partial charge < -0.3 is 4.57 Å². The van der Waals surface area contributed by atoms with Gasteiger partial charge in [0.15, 0.2) is 0 Å². The van der Waals surface area contributed by atoms with Crippen molar-refractivity contribution in [3.8, 4) is 0 Å². The smallest absolute Gasteiger partial charge is 0.293 e. The number of benzene rings is 1. The van der Waals surface area contributed by atoms with Gasteiger partial charge in [-0.05, 0) is 37.2 Å². The predicted molar refractivity (Wildman–Crippen MR) is 99.8 cm³/mol. The monoisotopic (exact) mass is 340 g/mol. The number of fused-ring (bicyclic) bond motifs is 1. The zero-order valence-electron chi connectivity index (χ0n) is 13.9. The van der Waals surface area contributed by atoms with Crippen LogP contribution in [0.1, 0.15) is 31.9 Å². The first kappa shape index (κ1) is 16.6. The molecule has 2 amide bonds. The van der Waals surface area contributed by atoms with Crippen LogP contribution < -0.4 is 0 Å². The van der Waals surface area contributed by atoms with Crippen molar-refractivity contribution >= 4 is 39.9 Å². The Hall–Kier alpha value is -2.27. The maximum absolute atomic E-state index is 12.4. The van der Waals surface area contributed by atoms with Gasteiger partial charge in [-0.15, -0.1) is 6.58 Å². The van der Waals surface area contributed by atoms with E-state index in [1.807, 2.05) is 24.3 Å². The van der Waals surface area contributed by atoms with Crippen molar-refractivity contribution in [2.75, 3.05) is 6.54 Å². The fourth-order valence-electron chi connectivity index (χ4n) is 2.84. The van der Waals surface area contributed by atoms with Gasteiger partial charge in [-0.25, -0.2) is 0 Å². The highest BCUT2D eigenvalue weighted by atomic mass is 32.2. The molecule has 1 aliphatic heterocycles. The molecule has 0 aliphatic carbocycles. The molecule has 0 radical (unpaired) electrons. The van der Waals surface area contributed by atoms with Crippen molar-refractivity contribution in [3.05, 3.63) is 53.6 Å². The molecule has 1 aromatic heterocycles. The number of carbonyl (C=O) groups is 2. The van der Waals surface area contributed by atoms with Crippen molar-refractivity contribution < 1.29 is 9.59 Å². The van der Waals surface area contributed by atoms with Crippen molar-refractivity contribution in [1.82, 2.24) is 9.47 Å². The van der Waals surface area contributed by atoms with Crippen molar-refractivity contribution in [2.24, 2.45) is 0 Å². The van der Waals surface area contributed by atoms with Gasteiger partial charge in [0.05, 0.1) is 4.91 Å². The van der Waals surface area contributed by atoms with Gasteiger partial charge >= 0.3 is 0 Å². The molecule has 0 N–H and O–H groups in total. The summed E-state index contributed by atoms with van der Waals surface area (Å²) >= 11 is 0.990. The van der Waals surface area contributed by atoms with Crippen LogP contribution in [0.15, 0.2) is 48.0 Å². The van der Waals surface area contributed by atoms with Crippen molar-refractivity contribution in [3.63, 3.8) is 0 Å². The van der Waals surface area contributed by atoms with Crippen LogP contribution in [0.25, 0.3) is 17.0 Å². The molecule has 5 heteroatoms. The lowest BCUT2D eigenvalue weighted by atomic mass is 10.1. The van der Waals surface area contributed by atoms with Gasteiger partial charge in [0, 0.05) is 35.2 Å². The molecule has 1 fully saturated rings. The molecule has 0 bridgehead atoms. The minimum Gasteiger partial charge on any atom is -0.344 e. The molecule has 1 saturated heterocycles. The second-order valence-electron chi connectivity index (χ2n) is 5.85. The molecule has 0 saturated carbocycles. The summed E-state index contributed by atoms with van der Waals surface area (Å²) in [6.45, 7) is 8.17. The molecule has 124 valence electrons. The lowest BCUT2D eigenvalue weighted by Gasteiger charge is -2.12. The zero-order chi connectivity index (χ0) is 17.3. The summed E-state index contributed by atoms with van der Waals surface area (Å²) in [5, 5.41) is 0.852. The minimum absolute atomic E-state index is 0.239. The third-order valence-corrected chi connectivity index (χ3v) is 5.22. The normalized spacial score (nSPS) is 17.9. The Morgan fingerprint density at radius 3 is 2.75 bits per heavy atom. The van der Waals surface area contributed by atoms with Crippen molar-refractivity contribution in [2.45, 2.75) is 26.3 Å². The summed E-state index contributed by atoms with van der Waals surface area (Å²) in [4.78, 5) is 26.1. The fraction of sp³-hybridized carbons (Fsp3) is 0.263. The van der Waals surface area contributed by atoms with E-state index in [1.54, 1.807) is 6.08 Å². The van der Waals surface area contributed by atoms with E-state index in [4.69, 9.17) is 0 Å². The van der Waals surface area contributed by atoms with Crippen LogP contribution in [0.4, 0.5) is 4.79 Å². The van der Waals surface area contributed by atoms with E-state index in [1.165, 1.54) is 4.90 Å². The average molecular weight is 340 g/mol. The Morgan fingerprint density at radius 1 is 1.29 bits per heavy atom. The molecule has 0 spiro atoms. The van der Waals surface area contributed by atoms with Gasteiger partial charge in [-0.1, -0.05) is 31.2 Å². The topological polar surface area (TPSA) is 42.3 Å². The van der Waals surface area contributed by atoms with Crippen LogP contribution >= 0.6 is 11.8 Å². The summed E-state index contributed by atoms with van der Waals surface area (Å²) < 4.78 is 2.23. The van der Waals surface area contributed by atoms with Crippen LogP contribution in [-0.4, -0.2) is 27.2 Å².